The number of likely N-dealkylation sites (tertiary alicyclic amines) is 1. The molecule has 88 valence electrons. The Morgan fingerprint density at radius 3 is 2.87 bits per heavy atom. The highest BCUT2D eigenvalue weighted by Gasteiger charge is 2.27. The van der Waals surface area contributed by atoms with Gasteiger partial charge in [-0.05, 0) is 25.3 Å². The molecule has 1 rings (SSSR count). The molecule has 0 radical (unpaired) electrons. The smallest absolute Gasteiger partial charge is 0.233 e. The molecule has 0 aromatic rings. The number of likely N-dealkylation sites (N-methyl/N-ethyl adjacent to an activating group) is 1. The highest BCUT2D eigenvalue weighted by atomic mass is 16.1. The molecule has 0 aromatic carbocycles. The minimum Gasteiger partial charge on any atom is -0.358 e. The van der Waals surface area contributed by atoms with E-state index >= 15 is 0 Å². The first-order chi connectivity index (χ1) is 7.21. The van der Waals surface area contributed by atoms with Gasteiger partial charge in [0.15, 0.2) is 0 Å². The van der Waals surface area contributed by atoms with Gasteiger partial charge in [-0.15, -0.1) is 0 Å². The van der Waals surface area contributed by atoms with Crippen LogP contribution in [0.4, 0.5) is 0 Å². The second kappa shape index (κ2) is 6.08. The van der Waals surface area contributed by atoms with E-state index in [1.807, 2.05) is 0 Å². The maximum atomic E-state index is 11.3. The highest BCUT2D eigenvalue weighted by molar-refractivity contribution is 5.77. The minimum absolute atomic E-state index is 0.0865. The summed E-state index contributed by atoms with van der Waals surface area (Å²) in [7, 11) is 1.68. The van der Waals surface area contributed by atoms with Crippen molar-refractivity contribution >= 4 is 5.91 Å². The summed E-state index contributed by atoms with van der Waals surface area (Å²) in [5.74, 6) is 0.878. The van der Waals surface area contributed by atoms with Gasteiger partial charge in [-0.3, -0.25) is 9.69 Å². The number of hydrogen-bond acceptors (Lipinski definition) is 3. The Hall–Kier alpha value is -0.610. The molecule has 1 aliphatic heterocycles. The van der Waals surface area contributed by atoms with E-state index in [9.17, 15) is 4.79 Å². The first-order valence-electron chi connectivity index (χ1n) is 5.85. The Morgan fingerprint density at radius 1 is 1.60 bits per heavy atom. The molecule has 0 spiro atoms. The lowest BCUT2D eigenvalue weighted by molar-refractivity contribution is -0.122. The van der Waals surface area contributed by atoms with Crippen LogP contribution in [-0.4, -0.2) is 43.5 Å². The van der Waals surface area contributed by atoms with E-state index in [0.29, 0.717) is 19.1 Å². The van der Waals surface area contributed by atoms with Gasteiger partial charge in [-0.2, -0.15) is 0 Å². The summed E-state index contributed by atoms with van der Waals surface area (Å²) >= 11 is 0. The molecule has 15 heavy (non-hydrogen) atoms. The maximum absolute atomic E-state index is 11.3. The SMILES string of the molecule is CCC1CCN(CC(=O)NC)C(CN)C1. The Balaban J connectivity index is 2.47. The third kappa shape index (κ3) is 3.47. The largest absolute Gasteiger partial charge is 0.358 e. The molecule has 1 saturated heterocycles. The summed E-state index contributed by atoms with van der Waals surface area (Å²) in [5.41, 5.74) is 5.75. The van der Waals surface area contributed by atoms with Gasteiger partial charge in [-0.1, -0.05) is 13.3 Å². The topological polar surface area (TPSA) is 58.4 Å². The summed E-state index contributed by atoms with van der Waals surface area (Å²) < 4.78 is 0. The van der Waals surface area contributed by atoms with E-state index in [4.69, 9.17) is 5.73 Å². The zero-order valence-electron chi connectivity index (χ0n) is 9.83. The average molecular weight is 213 g/mol. The van der Waals surface area contributed by atoms with E-state index in [-0.39, 0.29) is 5.91 Å². The number of hydrogen-bond donors (Lipinski definition) is 2. The van der Waals surface area contributed by atoms with Crippen LogP contribution in [0.15, 0.2) is 0 Å². The van der Waals surface area contributed by atoms with Crippen molar-refractivity contribution in [3.05, 3.63) is 0 Å². The van der Waals surface area contributed by atoms with E-state index in [0.717, 1.165) is 18.9 Å². The number of nitrogens with one attached hydrogen (secondary N) is 1. The van der Waals surface area contributed by atoms with Crippen molar-refractivity contribution in [2.24, 2.45) is 11.7 Å². The van der Waals surface area contributed by atoms with Crippen molar-refractivity contribution in [3.8, 4) is 0 Å². The molecule has 3 N–H and O–H groups in total. The lowest BCUT2D eigenvalue weighted by Crippen LogP contribution is -2.50. The predicted octanol–water partition coefficient (Wildman–Crippen LogP) is 0.182. The molecule has 1 amide bonds. The van der Waals surface area contributed by atoms with E-state index in [1.165, 1.54) is 12.8 Å². The van der Waals surface area contributed by atoms with Gasteiger partial charge in [0.2, 0.25) is 5.91 Å². The maximum Gasteiger partial charge on any atom is 0.233 e. The Labute approximate surface area is 92.2 Å². The van der Waals surface area contributed by atoms with Crippen molar-refractivity contribution in [2.45, 2.75) is 32.2 Å². The van der Waals surface area contributed by atoms with Gasteiger partial charge in [0.25, 0.3) is 0 Å². The number of piperidine rings is 1. The third-order valence-corrected chi connectivity index (χ3v) is 3.42. The third-order valence-electron chi connectivity index (χ3n) is 3.42. The molecule has 4 nitrogen and oxygen atoms in total. The molecule has 0 bridgehead atoms. The van der Waals surface area contributed by atoms with Crippen LogP contribution in [0.1, 0.15) is 26.2 Å². The van der Waals surface area contributed by atoms with Crippen LogP contribution < -0.4 is 11.1 Å². The average Bonchev–Trinajstić information content (AvgIpc) is 2.29. The van der Waals surface area contributed by atoms with Crippen molar-refractivity contribution in [3.63, 3.8) is 0 Å². The number of nitrogens with zero attached hydrogens (tertiary/aromatic N) is 1. The molecule has 0 aliphatic carbocycles. The Morgan fingerprint density at radius 2 is 2.33 bits per heavy atom. The fourth-order valence-electron chi connectivity index (χ4n) is 2.27. The van der Waals surface area contributed by atoms with Crippen LogP contribution in [0.5, 0.6) is 0 Å². The number of carbonyl (C=O) groups excluding carboxylic acids is 1. The second-order valence-corrected chi connectivity index (χ2v) is 4.33. The van der Waals surface area contributed by atoms with E-state index in [2.05, 4.69) is 17.1 Å². The van der Waals surface area contributed by atoms with Gasteiger partial charge in [0.05, 0.1) is 6.54 Å². The predicted molar refractivity (Wildman–Crippen MR) is 61.5 cm³/mol. The quantitative estimate of drug-likeness (QED) is 0.700. The minimum atomic E-state index is 0.0865. The lowest BCUT2D eigenvalue weighted by Gasteiger charge is -2.38. The molecule has 1 aliphatic rings. The number of carbonyl (C=O) groups is 1. The van der Waals surface area contributed by atoms with Gasteiger partial charge >= 0.3 is 0 Å². The molecule has 1 heterocycles. The molecule has 2 atom stereocenters. The first kappa shape index (κ1) is 12.5. The van der Waals surface area contributed by atoms with Crippen LogP contribution in [0, 0.1) is 5.92 Å². The fraction of sp³-hybridized carbons (Fsp3) is 0.909. The van der Waals surface area contributed by atoms with E-state index in [1.54, 1.807) is 7.05 Å². The lowest BCUT2D eigenvalue weighted by atomic mass is 9.89. The standard InChI is InChI=1S/C11H23N3O/c1-3-9-4-5-14(8-11(15)13-2)10(6-9)7-12/h9-10H,3-8,12H2,1-2H3,(H,13,15). The van der Waals surface area contributed by atoms with Gasteiger partial charge in [0.1, 0.15) is 0 Å². The summed E-state index contributed by atoms with van der Waals surface area (Å²) in [4.78, 5) is 13.5. The molecule has 2 unspecified atom stereocenters. The Kier molecular flexibility index (Phi) is 5.05. The molecule has 0 aromatic heterocycles. The number of rotatable bonds is 4. The van der Waals surface area contributed by atoms with Gasteiger partial charge in [0, 0.05) is 19.6 Å². The molecule has 4 heteroatoms. The van der Waals surface area contributed by atoms with Gasteiger partial charge < -0.3 is 11.1 Å². The normalized spacial score (nSPS) is 27.7. The number of amides is 1. The van der Waals surface area contributed by atoms with Crippen LogP contribution in [-0.2, 0) is 4.79 Å². The monoisotopic (exact) mass is 213 g/mol. The number of nitrogens with two attached hydrogens (primary N) is 1. The van der Waals surface area contributed by atoms with Crippen LogP contribution in [0.2, 0.25) is 0 Å². The highest BCUT2D eigenvalue weighted by Crippen LogP contribution is 2.24. The van der Waals surface area contributed by atoms with Crippen molar-refractivity contribution in [2.75, 3.05) is 26.7 Å². The van der Waals surface area contributed by atoms with Crippen molar-refractivity contribution in [1.82, 2.24) is 10.2 Å². The summed E-state index contributed by atoms with van der Waals surface area (Å²) in [6.07, 6.45) is 3.57. The fourth-order valence-corrected chi connectivity index (χ4v) is 2.27. The molecular weight excluding hydrogens is 190 g/mol. The zero-order chi connectivity index (χ0) is 11.3. The first-order valence-corrected chi connectivity index (χ1v) is 5.85. The summed E-state index contributed by atoms with van der Waals surface area (Å²) in [5, 5.41) is 2.66. The van der Waals surface area contributed by atoms with Crippen LogP contribution in [0.25, 0.3) is 0 Å². The molecule has 1 fully saturated rings. The molecular formula is C11H23N3O. The van der Waals surface area contributed by atoms with Crippen LogP contribution in [0.3, 0.4) is 0 Å². The molecule has 0 saturated carbocycles. The summed E-state index contributed by atoms with van der Waals surface area (Å²) in [6, 6.07) is 0.390. The van der Waals surface area contributed by atoms with Crippen molar-refractivity contribution in [1.29, 1.82) is 0 Å². The van der Waals surface area contributed by atoms with E-state index < -0.39 is 0 Å². The van der Waals surface area contributed by atoms with Gasteiger partial charge in [-0.25, -0.2) is 0 Å². The second-order valence-electron chi connectivity index (χ2n) is 4.33. The zero-order valence-corrected chi connectivity index (χ0v) is 9.83. The van der Waals surface area contributed by atoms with Crippen molar-refractivity contribution < 1.29 is 4.79 Å². The van der Waals surface area contributed by atoms with Crippen LogP contribution >= 0.6 is 0 Å². The Bertz CT molecular complexity index is 208. The summed E-state index contributed by atoms with van der Waals surface area (Å²) in [6.45, 7) is 4.39.